The summed E-state index contributed by atoms with van der Waals surface area (Å²) in [5.41, 5.74) is 1.21. The Labute approximate surface area is 82.7 Å². The maximum Gasteiger partial charge on any atom is 0.256 e. The molecule has 0 saturated heterocycles. The summed E-state index contributed by atoms with van der Waals surface area (Å²) in [4.78, 5) is 11.7. The van der Waals surface area contributed by atoms with Gasteiger partial charge in [0.1, 0.15) is 11.8 Å². The van der Waals surface area contributed by atoms with E-state index in [1.54, 1.807) is 6.92 Å². The second-order valence-electron chi connectivity index (χ2n) is 3.77. The molecule has 1 fully saturated rings. The van der Waals surface area contributed by atoms with Crippen LogP contribution in [0, 0.1) is 6.92 Å². The van der Waals surface area contributed by atoms with Crippen LogP contribution in [0.15, 0.2) is 10.8 Å². The second kappa shape index (κ2) is 3.82. The molecule has 0 atom stereocenters. The zero-order valence-electron chi connectivity index (χ0n) is 8.25. The van der Waals surface area contributed by atoms with Gasteiger partial charge in [-0.2, -0.15) is 0 Å². The molecule has 76 valence electrons. The van der Waals surface area contributed by atoms with Crippen molar-refractivity contribution in [1.29, 1.82) is 0 Å². The first-order chi connectivity index (χ1) is 6.77. The van der Waals surface area contributed by atoms with Crippen molar-refractivity contribution in [3.05, 3.63) is 17.5 Å². The minimum absolute atomic E-state index is 0.0596. The summed E-state index contributed by atoms with van der Waals surface area (Å²) in [7, 11) is 0. The van der Waals surface area contributed by atoms with Crippen LogP contribution in [0.2, 0.25) is 0 Å². The minimum Gasteiger partial charge on any atom is -0.364 e. The van der Waals surface area contributed by atoms with Crippen LogP contribution >= 0.6 is 0 Å². The summed E-state index contributed by atoms with van der Waals surface area (Å²) in [5.74, 6) is -0.0596. The van der Waals surface area contributed by atoms with Gasteiger partial charge in [0.05, 0.1) is 5.69 Å². The Hall–Kier alpha value is -1.32. The van der Waals surface area contributed by atoms with Crippen LogP contribution in [-0.2, 0) is 0 Å². The molecule has 1 saturated carbocycles. The molecule has 0 radical (unpaired) electrons. The number of amides is 1. The Kier molecular flexibility index (Phi) is 2.52. The summed E-state index contributed by atoms with van der Waals surface area (Å²) >= 11 is 0. The maximum absolute atomic E-state index is 11.7. The maximum atomic E-state index is 11.7. The normalized spacial score (nSPS) is 17.2. The molecule has 0 spiro atoms. The van der Waals surface area contributed by atoms with E-state index in [0.717, 1.165) is 12.8 Å². The number of hydrogen-bond donors (Lipinski definition) is 1. The molecule has 4 nitrogen and oxygen atoms in total. The quantitative estimate of drug-likeness (QED) is 0.778. The van der Waals surface area contributed by atoms with Gasteiger partial charge in [-0.15, -0.1) is 0 Å². The number of nitrogens with one attached hydrogen (secondary N) is 1. The third-order valence-electron chi connectivity index (χ3n) is 2.68. The number of hydrogen-bond acceptors (Lipinski definition) is 3. The Morgan fingerprint density at radius 3 is 2.86 bits per heavy atom. The van der Waals surface area contributed by atoms with Crippen LogP contribution in [0.1, 0.15) is 41.7 Å². The number of aryl methyl sites for hydroxylation is 1. The molecule has 0 unspecified atom stereocenters. The van der Waals surface area contributed by atoms with E-state index in [1.165, 1.54) is 19.1 Å². The highest BCUT2D eigenvalue weighted by molar-refractivity contribution is 5.94. The molecular weight excluding hydrogens is 180 g/mol. The first kappa shape index (κ1) is 9.24. The fourth-order valence-corrected chi connectivity index (χ4v) is 1.84. The topological polar surface area (TPSA) is 55.1 Å². The zero-order chi connectivity index (χ0) is 9.97. The molecule has 1 heterocycles. The molecule has 0 aromatic carbocycles. The van der Waals surface area contributed by atoms with Crippen LogP contribution in [0.25, 0.3) is 0 Å². The summed E-state index contributed by atoms with van der Waals surface area (Å²) in [5, 5.41) is 6.66. The zero-order valence-corrected chi connectivity index (χ0v) is 8.25. The lowest BCUT2D eigenvalue weighted by atomic mass is 10.2. The van der Waals surface area contributed by atoms with Gasteiger partial charge in [-0.25, -0.2) is 0 Å². The van der Waals surface area contributed by atoms with Crippen molar-refractivity contribution in [2.75, 3.05) is 0 Å². The van der Waals surface area contributed by atoms with E-state index in [2.05, 4.69) is 10.5 Å². The molecule has 1 aromatic rings. The lowest BCUT2D eigenvalue weighted by Gasteiger charge is -2.10. The van der Waals surface area contributed by atoms with Gasteiger partial charge in [-0.05, 0) is 19.8 Å². The number of nitrogens with zero attached hydrogens (tertiary/aromatic N) is 1. The van der Waals surface area contributed by atoms with E-state index >= 15 is 0 Å². The fourth-order valence-electron chi connectivity index (χ4n) is 1.84. The predicted octanol–water partition coefficient (Wildman–Crippen LogP) is 1.66. The predicted molar refractivity (Wildman–Crippen MR) is 51.0 cm³/mol. The fraction of sp³-hybridized carbons (Fsp3) is 0.600. The van der Waals surface area contributed by atoms with Gasteiger partial charge in [-0.1, -0.05) is 18.0 Å². The standard InChI is InChI=1S/C10H14N2O2/c1-7-9(6-14-12-7)10(13)11-8-4-2-3-5-8/h6,8H,2-5H2,1H3,(H,11,13). The summed E-state index contributed by atoms with van der Waals surface area (Å²) < 4.78 is 4.72. The van der Waals surface area contributed by atoms with Crippen molar-refractivity contribution in [3.63, 3.8) is 0 Å². The lowest BCUT2D eigenvalue weighted by Crippen LogP contribution is -2.32. The van der Waals surface area contributed by atoms with Crippen molar-refractivity contribution in [3.8, 4) is 0 Å². The lowest BCUT2D eigenvalue weighted by molar-refractivity contribution is 0.0936. The molecule has 2 rings (SSSR count). The van der Waals surface area contributed by atoms with Crippen molar-refractivity contribution >= 4 is 5.91 Å². The minimum atomic E-state index is -0.0596. The second-order valence-corrected chi connectivity index (χ2v) is 3.77. The SMILES string of the molecule is Cc1nocc1C(=O)NC1CCCC1. The summed E-state index contributed by atoms with van der Waals surface area (Å²) in [6.45, 7) is 1.77. The highest BCUT2D eigenvalue weighted by Gasteiger charge is 2.20. The molecular formula is C10H14N2O2. The van der Waals surface area contributed by atoms with Gasteiger partial charge in [0, 0.05) is 6.04 Å². The smallest absolute Gasteiger partial charge is 0.256 e. The van der Waals surface area contributed by atoms with Crippen LogP contribution < -0.4 is 5.32 Å². The van der Waals surface area contributed by atoms with Crippen LogP contribution in [-0.4, -0.2) is 17.1 Å². The van der Waals surface area contributed by atoms with E-state index in [4.69, 9.17) is 4.52 Å². The van der Waals surface area contributed by atoms with Crippen LogP contribution in [0.5, 0.6) is 0 Å². The van der Waals surface area contributed by atoms with Gasteiger partial charge < -0.3 is 9.84 Å². The molecule has 4 heteroatoms. The van der Waals surface area contributed by atoms with E-state index in [9.17, 15) is 4.79 Å². The third kappa shape index (κ3) is 1.78. The molecule has 1 aromatic heterocycles. The van der Waals surface area contributed by atoms with Gasteiger partial charge in [0.2, 0.25) is 0 Å². The molecule has 1 aliphatic carbocycles. The molecule has 0 aliphatic heterocycles. The Morgan fingerprint density at radius 2 is 2.29 bits per heavy atom. The van der Waals surface area contributed by atoms with Crippen LogP contribution in [0.4, 0.5) is 0 Å². The highest BCUT2D eigenvalue weighted by Crippen LogP contribution is 2.18. The average molecular weight is 194 g/mol. The average Bonchev–Trinajstić information content (AvgIpc) is 2.75. The number of carbonyl (C=O) groups is 1. The van der Waals surface area contributed by atoms with E-state index < -0.39 is 0 Å². The van der Waals surface area contributed by atoms with E-state index in [1.807, 2.05) is 0 Å². The Balaban J connectivity index is 1.98. The Bertz CT molecular complexity index is 327. The van der Waals surface area contributed by atoms with E-state index in [-0.39, 0.29) is 5.91 Å². The number of aromatic nitrogens is 1. The van der Waals surface area contributed by atoms with Crippen molar-refractivity contribution in [1.82, 2.24) is 10.5 Å². The Morgan fingerprint density at radius 1 is 1.57 bits per heavy atom. The first-order valence-corrected chi connectivity index (χ1v) is 4.99. The summed E-state index contributed by atoms with van der Waals surface area (Å²) in [6, 6.07) is 0.344. The third-order valence-corrected chi connectivity index (χ3v) is 2.68. The monoisotopic (exact) mass is 194 g/mol. The van der Waals surface area contributed by atoms with Crippen LogP contribution in [0.3, 0.4) is 0 Å². The first-order valence-electron chi connectivity index (χ1n) is 4.99. The van der Waals surface area contributed by atoms with E-state index in [0.29, 0.717) is 17.3 Å². The molecule has 1 aliphatic rings. The largest absolute Gasteiger partial charge is 0.364 e. The molecule has 1 N–H and O–H groups in total. The van der Waals surface area contributed by atoms with Gasteiger partial charge in [-0.3, -0.25) is 4.79 Å². The van der Waals surface area contributed by atoms with Gasteiger partial charge >= 0.3 is 0 Å². The van der Waals surface area contributed by atoms with Crippen molar-refractivity contribution < 1.29 is 9.32 Å². The summed E-state index contributed by atoms with van der Waals surface area (Å²) in [6.07, 6.45) is 6.02. The van der Waals surface area contributed by atoms with Gasteiger partial charge in [0.25, 0.3) is 5.91 Å². The number of rotatable bonds is 2. The highest BCUT2D eigenvalue weighted by atomic mass is 16.5. The van der Waals surface area contributed by atoms with Crippen molar-refractivity contribution in [2.24, 2.45) is 0 Å². The molecule has 1 amide bonds. The molecule has 0 bridgehead atoms. The number of carbonyl (C=O) groups excluding carboxylic acids is 1. The molecule has 14 heavy (non-hydrogen) atoms. The van der Waals surface area contributed by atoms with Gasteiger partial charge in [0.15, 0.2) is 0 Å². The van der Waals surface area contributed by atoms with Crippen molar-refractivity contribution in [2.45, 2.75) is 38.6 Å².